The summed E-state index contributed by atoms with van der Waals surface area (Å²) >= 11 is 0. The molecule has 244 valence electrons. The molecule has 46 heavy (non-hydrogen) atoms. The van der Waals surface area contributed by atoms with Crippen molar-refractivity contribution in [1.82, 2.24) is 19.4 Å². The van der Waals surface area contributed by atoms with Gasteiger partial charge in [0.2, 0.25) is 0 Å². The van der Waals surface area contributed by atoms with Crippen molar-refractivity contribution in [2.24, 2.45) is 7.05 Å². The molecule has 1 aliphatic rings. The monoisotopic (exact) mass is 643 g/mol. The van der Waals surface area contributed by atoms with Gasteiger partial charge in [-0.05, 0) is 61.7 Å². The lowest BCUT2D eigenvalue weighted by Crippen LogP contribution is -2.53. The molecule has 1 fully saturated rings. The van der Waals surface area contributed by atoms with Crippen molar-refractivity contribution in [3.63, 3.8) is 0 Å². The molecule has 0 aliphatic carbocycles. The van der Waals surface area contributed by atoms with Gasteiger partial charge in [0, 0.05) is 37.1 Å². The van der Waals surface area contributed by atoms with Crippen LogP contribution < -0.4 is 21.5 Å². The molecule has 3 heterocycles. The van der Waals surface area contributed by atoms with Gasteiger partial charge in [-0.1, -0.05) is 12.1 Å². The maximum absolute atomic E-state index is 15.5. The number of nitrogens with one attached hydrogen (secondary N) is 1. The molecule has 4 aromatic rings. The van der Waals surface area contributed by atoms with Crippen molar-refractivity contribution < 1.29 is 31.8 Å². The van der Waals surface area contributed by atoms with E-state index in [0.29, 0.717) is 27.7 Å². The predicted octanol–water partition coefficient (Wildman–Crippen LogP) is 3.73. The molecule has 10 nitrogen and oxygen atoms in total. The predicted molar refractivity (Wildman–Crippen MR) is 163 cm³/mol. The van der Waals surface area contributed by atoms with Crippen LogP contribution in [0.2, 0.25) is 0 Å². The number of methoxy groups -OCH3 is 1. The number of aryl methyl sites for hydroxylation is 2. The van der Waals surface area contributed by atoms with E-state index in [1.807, 2.05) is 0 Å². The van der Waals surface area contributed by atoms with Crippen molar-refractivity contribution >= 4 is 22.6 Å². The first-order valence-electron chi connectivity index (χ1n) is 14.5. The van der Waals surface area contributed by atoms with Crippen LogP contribution in [0.15, 0.2) is 64.4 Å². The molecule has 3 atom stereocenters. The molecule has 0 amide bonds. The summed E-state index contributed by atoms with van der Waals surface area (Å²) in [5.74, 6) is -1.33. The third-order valence-electron chi connectivity index (χ3n) is 8.24. The van der Waals surface area contributed by atoms with Gasteiger partial charge in [0.25, 0.3) is 5.56 Å². The average Bonchev–Trinajstić information content (AvgIpc) is 3.03. The van der Waals surface area contributed by atoms with Gasteiger partial charge in [-0.25, -0.2) is 13.8 Å². The SMILES string of the molecule is COC(=O)[C@H](Cc1ccc(-n2c(=O)c3ccncc3n(C)c2=O)cc1)NC(C)c1c(C)cc(N2CCOC[C@@H]2C(F)(F)F)cc1F. The fourth-order valence-electron chi connectivity index (χ4n) is 5.91. The van der Waals surface area contributed by atoms with E-state index in [9.17, 15) is 27.6 Å². The Morgan fingerprint density at radius 2 is 1.87 bits per heavy atom. The summed E-state index contributed by atoms with van der Waals surface area (Å²) in [6.45, 7) is 2.75. The number of ether oxygens (including phenoxy) is 2. The van der Waals surface area contributed by atoms with Gasteiger partial charge in [-0.3, -0.25) is 24.5 Å². The van der Waals surface area contributed by atoms with Crippen LogP contribution in [-0.4, -0.2) is 65.2 Å². The van der Waals surface area contributed by atoms with Crippen LogP contribution in [0.1, 0.15) is 29.7 Å². The van der Waals surface area contributed by atoms with Crippen LogP contribution in [0.4, 0.5) is 23.2 Å². The zero-order valence-electron chi connectivity index (χ0n) is 25.6. The van der Waals surface area contributed by atoms with Crippen molar-refractivity contribution in [2.45, 2.75) is 44.6 Å². The van der Waals surface area contributed by atoms with E-state index in [0.717, 1.165) is 15.5 Å². The van der Waals surface area contributed by atoms with Gasteiger partial charge in [-0.15, -0.1) is 0 Å². The van der Waals surface area contributed by atoms with Crippen LogP contribution in [0.3, 0.4) is 0 Å². The Labute approximate surface area is 261 Å². The Morgan fingerprint density at radius 3 is 2.52 bits per heavy atom. The molecule has 1 unspecified atom stereocenters. The second-order valence-electron chi connectivity index (χ2n) is 11.2. The van der Waals surface area contributed by atoms with E-state index in [-0.39, 0.29) is 30.8 Å². The number of esters is 1. The standard InChI is InChI=1S/C32H33F4N5O5/c1-18-13-22(40-11-12-46-17-27(40)32(34,35)36)15-24(33)28(18)19(2)38-25(30(43)45-4)14-20-5-7-21(8-6-20)41-29(42)23-9-10-37-16-26(23)39(3)31(41)44/h5-10,13,15-16,19,25,27,38H,11-12,14,17H2,1-4H3/t19?,25-,27+/m0/s1. The lowest BCUT2D eigenvalue weighted by molar-refractivity contribution is -0.167. The lowest BCUT2D eigenvalue weighted by atomic mass is 9.97. The zero-order valence-corrected chi connectivity index (χ0v) is 25.6. The first kappa shape index (κ1) is 32.8. The number of fused-ring (bicyclic) bond motifs is 1. The Morgan fingerprint density at radius 1 is 1.15 bits per heavy atom. The molecule has 5 rings (SSSR count). The lowest BCUT2D eigenvalue weighted by Gasteiger charge is -2.38. The summed E-state index contributed by atoms with van der Waals surface area (Å²) in [7, 11) is 2.77. The Hall–Kier alpha value is -4.56. The molecule has 2 aromatic carbocycles. The first-order chi connectivity index (χ1) is 21.8. The number of aromatic nitrogens is 3. The highest BCUT2D eigenvalue weighted by atomic mass is 19.4. The van der Waals surface area contributed by atoms with E-state index in [1.54, 1.807) is 45.2 Å². The molecule has 0 spiro atoms. The number of benzene rings is 2. The van der Waals surface area contributed by atoms with Gasteiger partial charge in [-0.2, -0.15) is 13.2 Å². The zero-order chi connectivity index (χ0) is 33.3. The third kappa shape index (κ3) is 6.40. The first-order valence-corrected chi connectivity index (χ1v) is 14.5. The van der Waals surface area contributed by atoms with Crippen molar-refractivity contribution in [3.8, 4) is 5.69 Å². The van der Waals surface area contributed by atoms with E-state index >= 15 is 4.39 Å². The number of nitrogens with zero attached hydrogens (tertiary/aromatic N) is 4. The smallest absolute Gasteiger partial charge is 0.411 e. The second kappa shape index (κ2) is 13.0. The highest BCUT2D eigenvalue weighted by molar-refractivity contribution is 5.77. The molecule has 1 saturated heterocycles. The number of alkyl halides is 3. The van der Waals surface area contributed by atoms with Crippen molar-refractivity contribution in [3.05, 3.63) is 98.2 Å². The quantitative estimate of drug-likeness (QED) is 0.229. The number of pyridine rings is 1. The molecule has 1 aliphatic heterocycles. The number of rotatable bonds is 8. The second-order valence-corrected chi connectivity index (χ2v) is 11.2. The Bertz CT molecular complexity index is 1850. The van der Waals surface area contributed by atoms with Gasteiger partial charge in [0.05, 0.1) is 43.1 Å². The van der Waals surface area contributed by atoms with Crippen LogP contribution in [0.25, 0.3) is 16.6 Å². The molecular formula is C32H33F4N5O5. The summed E-state index contributed by atoms with van der Waals surface area (Å²) in [4.78, 5) is 44.0. The topological polar surface area (TPSA) is 108 Å². The van der Waals surface area contributed by atoms with E-state index in [4.69, 9.17) is 9.47 Å². The number of hydrogen-bond acceptors (Lipinski definition) is 8. The van der Waals surface area contributed by atoms with Crippen LogP contribution >= 0.6 is 0 Å². The fraction of sp³-hybridized carbons (Fsp3) is 0.375. The minimum Gasteiger partial charge on any atom is -0.468 e. The van der Waals surface area contributed by atoms with Crippen LogP contribution in [0.5, 0.6) is 0 Å². The summed E-state index contributed by atoms with van der Waals surface area (Å²) in [6.07, 6.45) is -1.52. The summed E-state index contributed by atoms with van der Waals surface area (Å²) in [5.41, 5.74) is 1.05. The number of halogens is 4. The molecular weight excluding hydrogens is 610 g/mol. The normalized spacial score (nSPS) is 16.8. The molecule has 0 saturated carbocycles. The maximum Gasteiger partial charge on any atom is 0.411 e. The fourth-order valence-corrected chi connectivity index (χ4v) is 5.91. The number of carbonyl (C=O) groups is 1. The van der Waals surface area contributed by atoms with Gasteiger partial charge < -0.3 is 14.4 Å². The molecule has 0 bridgehead atoms. The van der Waals surface area contributed by atoms with Crippen molar-refractivity contribution in [2.75, 3.05) is 31.8 Å². The number of morpholine rings is 1. The maximum atomic E-state index is 15.5. The third-order valence-corrected chi connectivity index (χ3v) is 8.24. The number of anilines is 1. The molecule has 1 N–H and O–H groups in total. The van der Waals surface area contributed by atoms with Crippen LogP contribution in [0, 0.1) is 12.7 Å². The summed E-state index contributed by atoms with van der Waals surface area (Å²) in [6, 6.07) is 7.08. The molecule has 14 heteroatoms. The average molecular weight is 644 g/mol. The van der Waals surface area contributed by atoms with Crippen molar-refractivity contribution in [1.29, 1.82) is 0 Å². The van der Waals surface area contributed by atoms with E-state index in [1.165, 1.54) is 36.2 Å². The van der Waals surface area contributed by atoms with E-state index < -0.39 is 53.9 Å². The summed E-state index contributed by atoms with van der Waals surface area (Å²) < 4.78 is 68.8. The highest BCUT2D eigenvalue weighted by Crippen LogP contribution is 2.34. The number of hydrogen-bond donors (Lipinski definition) is 1. The van der Waals surface area contributed by atoms with Gasteiger partial charge in [0.1, 0.15) is 17.9 Å². The summed E-state index contributed by atoms with van der Waals surface area (Å²) in [5, 5.41) is 3.42. The minimum absolute atomic E-state index is 0.0407. The highest BCUT2D eigenvalue weighted by Gasteiger charge is 2.45. The van der Waals surface area contributed by atoms with Gasteiger partial charge in [0.15, 0.2) is 0 Å². The largest absolute Gasteiger partial charge is 0.468 e. The van der Waals surface area contributed by atoms with Gasteiger partial charge >= 0.3 is 17.8 Å². The molecule has 0 radical (unpaired) electrons. The molecule has 2 aromatic heterocycles. The Balaban J connectivity index is 1.37. The van der Waals surface area contributed by atoms with Crippen LogP contribution in [-0.2, 0) is 27.7 Å². The minimum atomic E-state index is -4.55. The van der Waals surface area contributed by atoms with E-state index in [2.05, 4.69) is 10.3 Å². The Kier molecular flexibility index (Phi) is 9.31. The number of carbonyl (C=O) groups excluding carboxylic acids is 1.